The first-order valence-electron chi connectivity index (χ1n) is 8.77. The Morgan fingerprint density at radius 2 is 1.96 bits per heavy atom. The summed E-state index contributed by atoms with van der Waals surface area (Å²) in [6.07, 6.45) is 11.3. The van der Waals surface area contributed by atoms with Crippen molar-refractivity contribution in [2.45, 2.75) is 40.0 Å². The Hall–Kier alpha value is -2.40. The molecule has 0 saturated carbocycles. The summed E-state index contributed by atoms with van der Waals surface area (Å²) in [5, 5.41) is 14.3. The lowest BCUT2D eigenvalue weighted by molar-refractivity contribution is 0.377. The largest absolute Gasteiger partial charge is 0.507 e. The molecule has 0 fully saturated rings. The van der Waals surface area contributed by atoms with E-state index in [0.29, 0.717) is 5.71 Å². The summed E-state index contributed by atoms with van der Waals surface area (Å²) < 4.78 is 0. The van der Waals surface area contributed by atoms with Crippen LogP contribution in [0.1, 0.15) is 45.6 Å². The third kappa shape index (κ3) is 5.56. The molecule has 0 heterocycles. The molecule has 2 rings (SSSR count). The zero-order valence-corrected chi connectivity index (χ0v) is 16.4. The van der Waals surface area contributed by atoms with Crippen molar-refractivity contribution in [3.8, 4) is 5.75 Å². The first-order valence-corrected chi connectivity index (χ1v) is 9.18. The molecule has 1 aromatic carbocycles. The van der Waals surface area contributed by atoms with E-state index < -0.39 is 0 Å². The SMILES string of the molecule is CC1=C(C=CC(C=Cc2ccccc2O)=NNC(N)=S)C(C)(C)CCC1. The van der Waals surface area contributed by atoms with Crippen LogP contribution in [0.25, 0.3) is 6.08 Å². The molecule has 0 aromatic heterocycles. The van der Waals surface area contributed by atoms with Crippen molar-refractivity contribution >= 4 is 29.1 Å². The molecule has 0 spiro atoms. The molecule has 1 aliphatic carbocycles. The summed E-state index contributed by atoms with van der Waals surface area (Å²) in [6, 6.07) is 7.15. The number of para-hydroxylation sites is 1. The van der Waals surface area contributed by atoms with Gasteiger partial charge in [-0.05, 0) is 73.7 Å². The number of allylic oxidation sites excluding steroid dienone is 5. The molecule has 26 heavy (non-hydrogen) atoms. The van der Waals surface area contributed by atoms with Crippen molar-refractivity contribution in [2.75, 3.05) is 0 Å². The highest BCUT2D eigenvalue weighted by Crippen LogP contribution is 2.40. The zero-order chi connectivity index (χ0) is 19.2. The second-order valence-corrected chi connectivity index (χ2v) is 7.61. The van der Waals surface area contributed by atoms with Crippen molar-refractivity contribution in [1.29, 1.82) is 0 Å². The van der Waals surface area contributed by atoms with Crippen molar-refractivity contribution < 1.29 is 5.11 Å². The van der Waals surface area contributed by atoms with Crippen LogP contribution in [0.3, 0.4) is 0 Å². The molecule has 0 amide bonds. The molecule has 0 radical (unpaired) electrons. The average molecular weight is 370 g/mol. The Labute approximate surface area is 161 Å². The number of phenolic OH excluding ortho intramolecular Hbond substituents is 1. The van der Waals surface area contributed by atoms with Crippen LogP contribution in [0, 0.1) is 5.41 Å². The molecular formula is C21H27N3OS. The van der Waals surface area contributed by atoms with Crippen LogP contribution in [0.5, 0.6) is 5.75 Å². The van der Waals surface area contributed by atoms with Gasteiger partial charge in [-0.1, -0.05) is 43.7 Å². The molecular weight excluding hydrogens is 342 g/mol. The molecule has 4 nitrogen and oxygen atoms in total. The number of nitrogens with zero attached hydrogens (tertiary/aromatic N) is 1. The Balaban J connectivity index is 2.29. The lowest BCUT2D eigenvalue weighted by Gasteiger charge is -2.32. The molecule has 4 N–H and O–H groups in total. The molecule has 138 valence electrons. The summed E-state index contributed by atoms with van der Waals surface area (Å²) >= 11 is 4.84. The summed E-state index contributed by atoms with van der Waals surface area (Å²) in [6.45, 7) is 6.75. The quantitative estimate of drug-likeness (QED) is 0.400. The first kappa shape index (κ1) is 19.9. The van der Waals surface area contributed by atoms with E-state index in [2.05, 4.69) is 37.4 Å². The Morgan fingerprint density at radius 1 is 1.27 bits per heavy atom. The maximum atomic E-state index is 9.91. The zero-order valence-electron chi connectivity index (χ0n) is 15.6. The number of hydrazone groups is 1. The van der Waals surface area contributed by atoms with Crippen molar-refractivity contribution in [1.82, 2.24) is 5.43 Å². The molecule has 5 heteroatoms. The van der Waals surface area contributed by atoms with Gasteiger partial charge in [-0.25, -0.2) is 0 Å². The molecule has 0 atom stereocenters. The normalized spacial score (nSPS) is 17.9. The van der Waals surface area contributed by atoms with Gasteiger partial charge in [-0.15, -0.1) is 0 Å². The maximum Gasteiger partial charge on any atom is 0.184 e. The number of aromatic hydroxyl groups is 1. The minimum Gasteiger partial charge on any atom is -0.507 e. The molecule has 0 saturated heterocycles. The lowest BCUT2D eigenvalue weighted by Crippen LogP contribution is -2.25. The number of hydrogen-bond donors (Lipinski definition) is 3. The van der Waals surface area contributed by atoms with Gasteiger partial charge in [0, 0.05) is 5.56 Å². The van der Waals surface area contributed by atoms with E-state index >= 15 is 0 Å². The van der Waals surface area contributed by atoms with Gasteiger partial charge in [0.15, 0.2) is 5.11 Å². The van der Waals surface area contributed by atoms with Gasteiger partial charge in [0.05, 0.1) is 5.71 Å². The monoisotopic (exact) mass is 369 g/mol. The van der Waals surface area contributed by atoms with Gasteiger partial charge < -0.3 is 10.8 Å². The number of nitrogens with one attached hydrogen (secondary N) is 1. The van der Waals surface area contributed by atoms with Gasteiger partial charge in [0.25, 0.3) is 0 Å². The van der Waals surface area contributed by atoms with Crippen molar-refractivity contribution in [3.05, 3.63) is 59.2 Å². The second kappa shape index (κ2) is 8.81. The van der Waals surface area contributed by atoms with E-state index in [9.17, 15) is 5.11 Å². The van der Waals surface area contributed by atoms with Crippen LogP contribution in [0.4, 0.5) is 0 Å². The van der Waals surface area contributed by atoms with Gasteiger partial charge in [-0.3, -0.25) is 5.43 Å². The number of benzene rings is 1. The molecule has 0 bridgehead atoms. The number of phenols is 1. The summed E-state index contributed by atoms with van der Waals surface area (Å²) in [7, 11) is 0. The highest BCUT2D eigenvalue weighted by Gasteiger charge is 2.26. The minimum atomic E-state index is 0.111. The summed E-state index contributed by atoms with van der Waals surface area (Å²) in [5.74, 6) is 0.223. The van der Waals surface area contributed by atoms with E-state index in [1.165, 1.54) is 24.0 Å². The fourth-order valence-corrected chi connectivity index (χ4v) is 3.28. The number of hydrogen-bond acceptors (Lipinski definition) is 3. The highest BCUT2D eigenvalue weighted by molar-refractivity contribution is 7.80. The van der Waals surface area contributed by atoms with Crippen LogP contribution in [0.15, 0.2) is 58.7 Å². The third-order valence-electron chi connectivity index (χ3n) is 4.63. The average Bonchev–Trinajstić information content (AvgIpc) is 2.56. The van der Waals surface area contributed by atoms with Gasteiger partial charge in [-0.2, -0.15) is 5.10 Å². The van der Waals surface area contributed by atoms with Gasteiger partial charge in [0.2, 0.25) is 0 Å². The number of rotatable bonds is 5. The summed E-state index contributed by atoms with van der Waals surface area (Å²) in [4.78, 5) is 0. The van der Waals surface area contributed by atoms with E-state index in [1.54, 1.807) is 12.1 Å². The molecule has 0 unspecified atom stereocenters. The van der Waals surface area contributed by atoms with E-state index in [0.717, 1.165) is 12.0 Å². The van der Waals surface area contributed by atoms with E-state index in [-0.39, 0.29) is 16.3 Å². The molecule has 1 aliphatic rings. The maximum absolute atomic E-state index is 9.91. The van der Waals surface area contributed by atoms with Crippen molar-refractivity contribution in [2.24, 2.45) is 16.3 Å². The number of nitrogens with two attached hydrogens (primary N) is 1. The number of thiocarbonyl (C=S) groups is 1. The molecule has 1 aromatic rings. The second-order valence-electron chi connectivity index (χ2n) is 7.17. The fourth-order valence-electron chi connectivity index (χ4n) is 3.23. The van der Waals surface area contributed by atoms with Gasteiger partial charge in [0.1, 0.15) is 5.75 Å². The van der Waals surface area contributed by atoms with E-state index in [1.807, 2.05) is 30.4 Å². The minimum absolute atomic E-state index is 0.111. The van der Waals surface area contributed by atoms with Gasteiger partial charge >= 0.3 is 0 Å². The van der Waals surface area contributed by atoms with Crippen LogP contribution in [-0.4, -0.2) is 15.9 Å². The molecule has 0 aliphatic heterocycles. The van der Waals surface area contributed by atoms with E-state index in [4.69, 9.17) is 18.0 Å². The Kier molecular flexibility index (Phi) is 6.75. The predicted octanol–water partition coefficient (Wildman–Crippen LogP) is 4.68. The van der Waals surface area contributed by atoms with Crippen LogP contribution in [0.2, 0.25) is 0 Å². The fraction of sp³-hybridized carbons (Fsp3) is 0.333. The van der Waals surface area contributed by atoms with Crippen LogP contribution in [-0.2, 0) is 0 Å². The topological polar surface area (TPSA) is 70.6 Å². The highest BCUT2D eigenvalue weighted by atomic mass is 32.1. The third-order valence-corrected chi connectivity index (χ3v) is 4.72. The lowest BCUT2D eigenvalue weighted by atomic mass is 9.72. The Bertz CT molecular complexity index is 788. The van der Waals surface area contributed by atoms with Crippen LogP contribution < -0.4 is 11.2 Å². The Morgan fingerprint density at radius 3 is 2.62 bits per heavy atom. The smallest absolute Gasteiger partial charge is 0.184 e. The predicted molar refractivity (Wildman–Crippen MR) is 114 cm³/mol. The summed E-state index contributed by atoms with van der Waals surface area (Å²) in [5.41, 5.74) is 12.4. The standard InChI is InChI=1S/C21H27N3OS/c1-15-7-6-14-21(2,3)18(15)13-12-17(23-24-20(22)26)11-10-16-8-4-5-9-19(16)25/h4-5,8-13,25H,6-7,14H2,1-3H3,(H3,22,24,26). The first-order chi connectivity index (χ1) is 12.3. The van der Waals surface area contributed by atoms with Crippen LogP contribution >= 0.6 is 12.2 Å². The van der Waals surface area contributed by atoms with Crippen molar-refractivity contribution in [3.63, 3.8) is 0 Å².